The predicted octanol–water partition coefficient (Wildman–Crippen LogP) is 3.42. The van der Waals surface area contributed by atoms with Crippen molar-refractivity contribution in [3.8, 4) is 5.82 Å². The highest BCUT2D eigenvalue weighted by atomic mass is 35.5. The Kier molecular flexibility index (Phi) is 3.50. The summed E-state index contributed by atoms with van der Waals surface area (Å²) in [4.78, 5) is 10.8. The number of aliphatic carboxylic acids is 1. The molecular weight excluding hydrogens is 302 g/mol. The summed E-state index contributed by atoms with van der Waals surface area (Å²) < 4.78 is 3.72. The van der Waals surface area contributed by atoms with Gasteiger partial charge in [-0.3, -0.25) is 4.68 Å². The molecule has 0 atom stereocenters. The third-order valence-electron chi connectivity index (χ3n) is 3.51. The van der Waals surface area contributed by atoms with E-state index in [1.165, 1.54) is 0 Å². The fourth-order valence-electron chi connectivity index (χ4n) is 2.60. The van der Waals surface area contributed by atoms with Gasteiger partial charge in [0.15, 0.2) is 0 Å². The van der Waals surface area contributed by atoms with Crippen LogP contribution in [0.5, 0.6) is 0 Å². The maximum Gasteiger partial charge on any atom is 0.328 e. The lowest BCUT2D eigenvalue weighted by Crippen LogP contribution is -2.03. The molecule has 3 aromatic rings. The van der Waals surface area contributed by atoms with Crippen LogP contribution in [0, 0.1) is 6.92 Å². The third-order valence-corrected chi connectivity index (χ3v) is 3.75. The van der Waals surface area contributed by atoms with Crippen LogP contribution in [0.4, 0.5) is 0 Å². The summed E-state index contributed by atoms with van der Waals surface area (Å²) in [6.07, 6.45) is 4.62. The van der Waals surface area contributed by atoms with Crippen molar-refractivity contribution in [2.45, 2.75) is 6.92 Å². The molecule has 0 aliphatic rings. The molecule has 0 fully saturated rings. The van der Waals surface area contributed by atoms with Gasteiger partial charge in [-0.25, -0.2) is 4.79 Å². The van der Waals surface area contributed by atoms with E-state index in [0.717, 1.165) is 34.1 Å². The van der Waals surface area contributed by atoms with Crippen molar-refractivity contribution in [1.29, 1.82) is 0 Å². The summed E-state index contributed by atoms with van der Waals surface area (Å²) in [6, 6.07) is 7.62. The number of carbonyl (C=O) groups is 1. The van der Waals surface area contributed by atoms with Crippen LogP contribution in [0.1, 0.15) is 11.3 Å². The maximum absolute atomic E-state index is 10.8. The van der Waals surface area contributed by atoms with Gasteiger partial charge < -0.3 is 9.67 Å². The van der Waals surface area contributed by atoms with E-state index in [-0.39, 0.29) is 0 Å². The van der Waals surface area contributed by atoms with Crippen LogP contribution in [0.15, 0.2) is 36.5 Å². The van der Waals surface area contributed by atoms with Crippen LogP contribution in [0.2, 0.25) is 5.02 Å². The monoisotopic (exact) mass is 315 g/mol. The molecule has 0 aliphatic heterocycles. The van der Waals surface area contributed by atoms with Crippen molar-refractivity contribution in [2.75, 3.05) is 0 Å². The normalized spacial score (nSPS) is 11.6. The molecule has 0 bridgehead atoms. The Hall–Kier alpha value is -2.53. The summed E-state index contributed by atoms with van der Waals surface area (Å²) >= 11 is 6.02. The smallest absolute Gasteiger partial charge is 0.328 e. The molecule has 1 aromatic carbocycles. The molecule has 2 heterocycles. The van der Waals surface area contributed by atoms with Gasteiger partial charge in [0, 0.05) is 35.3 Å². The molecule has 6 heteroatoms. The van der Waals surface area contributed by atoms with Gasteiger partial charge in [0.25, 0.3) is 0 Å². The second-order valence-corrected chi connectivity index (χ2v) is 5.44. The van der Waals surface area contributed by atoms with Gasteiger partial charge in [-0.15, -0.1) is 0 Å². The van der Waals surface area contributed by atoms with Crippen LogP contribution in [0.3, 0.4) is 0 Å². The molecule has 0 radical (unpaired) electrons. The van der Waals surface area contributed by atoms with Gasteiger partial charge in [0.2, 0.25) is 0 Å². The number of benzene rings is 1. The van der Waals surface area contributed by atoms with Crippen LogP contribution in [0.25, 0.3) is 22.8 Å². The molecule has 0 aliphatic carbocycles. The van der Waals surface area contributed by atoms with Gasteiger partial charge in [-0.05, 0) is 37.3 Å². The molecule has 1 N–H and O–H groups in total. The molecule has 112 valence electrons. The third kappa shape index (κ3) is 2.40. The van der Waals surface area contributed by atoms with Gasteiger partial charge in [0.1, 0.15) is 5.82 Å². The highest BCUT2D eigenvalue weighted by molar-refractivity contribution is 6.31. The van der Waals surface area contributed by atoms with Gasteiger partial charge in [-0.2, -0.15) is 5.10 Å². The van der Waals surface area contributed by atoms with E-state index in [9.17, 15) is 4.79 Å². The summed E-state index contributed by atoms with van der Waals surface area (Å²) in [5.74, 6) is -0.175. The minimum atomic E-state index is -0.988. The van der Waals surface area contributed by atoms with Crippen molar-refractivity contribution in [1.82, 2.24) is 14.3 Å². The highest BCUT2D eigenvalue weighted by Gasteiger charge is 2.15. The number of rotatable bonds is 3. The van der Waals surface area contributed by atoms with Crippen LogP contribution >= 0.6 is 11.6 Å². The number of halogens is 1. The average Bonchev–Trinajstić information content (AvgIpc) is 2.96. The van der Waals surface area contributed by atoms with E-state index in [4.69, 9.17) is 16.7 Å². The maximum atomic E-state index is 10.8. The van der Waals surface area contributed by atoms with Crippen molar-refractivity contribution >= 4 is 34.5 Å². The number of hydrogen-bond donors (Lipinski definition) is 1. The predicted molar refractivity (Wildman–Crippen MR) is 86.5 cm³/mol. The lowest BCUT2D eigenvalue weighted by atomic mass is 10.2. The fourth-order valence-corrected chi connectivity index (χ4v) is 2.78. The Labute approximate surface area is 132 Å². The quantitative estimate of drug-likeness (QED) is 0.753. The Balaban J connectivity index is 2.24. The fraction of sp³-hybridized carbons (Fsp3) is 0.125. The minimum Gasteiger partial charge on any atom is -0.478 e. The zero-order valence-corrected chi connectivity index (χ0v) is 12.9. The number of aryl methyl sites for hydroxylation is 2. The Morgan fingerprint density at radius 1 is 1.36 bits per heavy atom. The SMILES string of the molecule is Cc1nn(C)c(-n2ccc3cc(Cl)ccc32)c1C=CC(=O)O. The second-order valence-electron chi connectivity index (χ2n) is 5.01. The van der Waals surface area contributed by atoms with E-state index in [2.05, 4.69) is 5.10 Å². The number of hydrogen-bond acceptors (Lipinski definition) is 2. The van der Waals surface area contributed by atoms with Crippen molar-refractivity contribution in [3.05, 3.63) is 52.8 Å². The van der Waals surface area contributed by atoms with Crippen molar-refractivity contribution in [2.24, 2.45) is 7.05 Å². The second kappa shape index (κ2) is 5.35. The lowest BCUT2D eigenvalue weighted by Gasteiger charge is -2.08. The van der Waals surface area contributed by atoms with E-state index < -0.39 is 5.97 Å². The lowest BCUT2D eigenvalue weighted by molar-refractivity contribution is -0.131. The molecule has 2 aromatic heterocycles. The number of aromatic nitrogens is 3. The molecule has 3 rings (SSSR count). The Bertz CT molecular complexity index is 906. The first-order chi connectivity index (χ1) is 10.5. The summed E-state index contributed by atoms with van der Waals surface area (Å²) in [5.41, 5.74) is 2.53. The summed E-state index contributed by atoms with van der Waals surface area (Å²) in [5, 5.41) is 14.9. The van der Waals surface area contributed by atoms with Crippen molar-refractivity contribution < 1.29 is 9.90 Å². The molecule has 0 saturated carbocycles. The molecule has 0 unspecified atom stereocenters. The van der Waals surface area contributed by atoms with Gasteiger partial charge >= 0.3 is 5.97 Å². The average molecular weight is 316 g/mol. The van der Waals surface area contributed by atoms with E-state index in [0.29, 0.717) is 5.02 Å². The summed E-state index contributed by atoms with van der Waals surface area (Å²) in [6.45, 7) is 1.85. The summed E-state index contributed by atoms with van der Waals surface area (Å²) in [7, 11) is 1.84. The van der Waals surface area contributed by atoms with Crippen molar-refractivity contribution in [3.63, 3.8) is 0 Å². The zero-order valence-electron chi connectivity index (χ0n) is 12.1. The molecule has 0 amide bonds. The molecule has 0 spiro atoms. The molecule has 0 saturated heterocycles. The minimum absolute atomic E-state index is 0.678. The van der Waals surface area contributed by atoms with Crippen LogP contribution in [-0.4, -0.2) is 25.4 Å². The first-order valence-corrected chi connectivity index (χ1v) is 7.07. The standard InChI is InChI=1S/C16H14ClN3O2/c1-10-13(4-6-15(21)22)16(19(2)18-10)20-8-7-11-9-12(17)3-5-14(11)20/h3-9H,1-2H3,(H,21,22). The number of nitrogens with zero attached hydrogens (tertiary/aromatic N) is 3. The van der Waals surface area contributed by atoms with E-state index in [1.807, 2.05) is 49.0 Å². The molecular formula is C16H14ClN3O2. The topological polar surface area (TPSA) is 60.0 Å². The Morgan fingerprint density at radius 3 is 2.86 bits per heavy atom. The Morgan fingerprint density at radius 2 is 2.14 bits per heavy atom. The highest BCUT2D eigenvalue weighted by Crippen LogP contribution is 2.27. The van der Waals surface area contributed by atoms with E-state index in [1.54, 1.807) is 10.8 Å². The zero-order chi connectivity index (χ0) is 15.9. The number of carboxylic acids is 1. The first-order valence-electron chi connectivity index (χ1n) is 6.69. The number of carboxylic acid groups (broad SMARTS) is 1. The number of fused-ring (bicyclic) bond motifs is 1. The first kappa shape index (κ1) is 14.4. The van der Waals surface area contributed by atoms with Gasteiger partial charge in [0.05, 0.1) is 11.2 Å². The largest absolute Gasteiger partial charge is 0.478 e. The van der Waals surface area contributed by atoms with E-state index >= 15 is 0 Å². The molecule has 5 nitrogen and oxygen atoms in total. The van der Waals surface area contributed by atoms with Crippen LogP contribution < -0.4 is 0 Å². The van der Waals surface area contributed by atoms with Crippen LogP contribution in [-0.2, 0) is 11.8 Å². The molecule has 22 heavy (non-hydrogen) atoms. The van der Waals surface area contributed by atoms with Gasteiger partial charge in [-0.1, -0.05) is 11.6 Å².